The van der Waals surface area contributed by atoms with Gasteiger partial charge in [-0.15, -0.1) is 0 Å². The van der Waals surface area contributed by atoms with Crippen LogP contribution in [0.2, 0.25) is 0 Å². The monoisotopic (exact) mass is 230 g/mol. The molecule has 0 spiro atoms. The van der Waals surface area contributed by atoms with Crippen molar-refractivity contribution in [3.63, 3.8) is 0 Å². The van der Waals surface area contributed by atoms with Gasteiger partial charge in [-0.05, 0) is 18.6 Å². The van der Waals surface area contributed by atoms with Crippen LogP contribution in [0.25, 0.3) is 0 Å². The van der Waals surface area contributed by atoms with Crippen molar-refractivity contribution >= 4 is 17.3 Å². The van der Waals surface area contributed by atoms with Gasteiger partial charge in [-0.2, -0.15) is 5.10 Å². The van der Waals surface area contributed by atoms with Gasteiger partial charge in [-0.3, -0.25) is 9.48 Å². The molecule has 0 saturated carbocycles. The van der Waals surface area contributed by atoms with Crippen LogP contribution >= 0.6 is 0 Å². The van der Waals surface area contributed by atoms with E-state index < -0.39 is 0 Å². The normalized spacial score (nSPS) is 10.2. The maximum absolute atomic E-state index is 12.0. The average molecular weight is 230 g/mol. The van der Waals surface area contributed by atoms with E-state index in [1.807, 2.05) is 31.2 Å². The van der Waals surface area contributed by atoms with Gasteiger partial charge < -0.3 is 11.1 Å². The van der Waals surface area contributed by atoms with Gasteiger partial charge in [0.15, 0.2) is 0 Å². The second-order valence-electron chi connectivity index (χ2n) is 3.84. The van der Waals surface area contributed by atoms with Crippen molar-refractivity contribution in [2.45, 2.75) is 6.92 Å². The zero-order valence-corrected chi connectivity index (χ0v) is 9.77. The van der Waals surface area contributed by atoms with Gasteiger partial charge in [0.2, 0.25) is 0 Å². The van der Waals surface area contributed by atoms with Crippen LogP contribution in [0, 0.1) is 6.92 Å². The molecule has 0 bridgehead atoms. The molecule has 17 heavy (non-hydrogen) atoms. The molecular weight excluding hydrogens is 216 g/mol. The van der Waals surface area contributed by atoms with Crippen molar-refractivity contribution in [2.75, 3.05) is 11.1 Å². The highest BCUT2D eigenvalue weighted by Gasteiger charge is 2.15. The van der Waals surface area contributed by atoms with E-state index in [2.05, 4.69) is 10.4 Å². The molecule has 0 atom stereocenters. The number of aryl methyl sites for hydroxylation is 2. The molecule has 0 saturated heterocycles. The minimum absolute atomic E-state index is 0.253. The van der Waals surface area contributed by atoms with Gasteiger partial charge in [0.05, 0.1) is 11.9 Å². The lowest BCUT2D eigenvalue weighted by atomic mass is 10.2. The molecule has 1 aromatic heterocycles. The fourth-order valence-electron chi connectivity index (χ4n) is 1.63. The first-order valence-electron chi connectivity index (χ1n) is 5.24. The summed E-state index contributed by atoms with van der Waals surface area (Å²) in [5.74, 6) is -0.253. The number of hydrogen-bond donors (Lipinski definition) is 2. The molecule has 0 aliphatic carbocycles. The second kappa shape index (κ2) is 4.29. The van der Waals surface area contributed by atoms with Crippen LogP contribution in [0.4, 0.5) is 11.4 Å². The first kappa shape index (κ1) is 11.2. The van der Waals surface area contributed by atoms with Crippen molar-refractivity contribution < 1.29 is 4.79 Å². The topological polar surface area (TPSA) is 72.9 Å². The van der Waals surface area contributed by atoms with Gasteiger partial charge >= 0.3 is 0 Å². The Bertz CT molecular complexity index is 540. The molecule has 0 unspecified atom stereocenters. The zero-order valence-electron chi connectivity index (χ0n) is 9.77. The van der Waals surface area contributed by atoms with Crippen LogP contribution in [0.5, 0.6) is 0 Å². The molecule has 5 nitrogen and oxygen atoms in total. The Morgan fingerprint density at radius 2 is 2.12 bits per heavy atom. The largest absolute Gasteiger partial charge is 0.396 e. The average Bonchev–Trinajstić information content (AvgIpc) is 2.62. The summed E-state index contributed by atoms with van der Waals surface area (Å²) in [6.45, 7) is 1.93. The summed E-state index contributed by atoms with van der Waals surface area (Å²) in [5, 5.41) is 6.75. The number of nitrogens with one attached hydrogen (secondary N) is 1. The zero-order chi connectivity index (χ0) is 12.4. The third kappa shape index (κ3) is 2.13. The Morgan fingerprint density at radius 3 is 2.71 bits per heavy atom. The van der Waals surface area contributed by atoms with E-state index in [0.29, 0.717) is 11.4 Å². The summed E-state index contributed by atoms with van der Waals surface area (Å²) >= 11 is 0. The van der Waals surface area contributed by atoms with E-state index in [-0.39, 0.29) is 5.91 Å². The quantitative estimate of drug-likeness (QED) is 0.822. The number of aromatic nitrogens is 2. The highest BCUT2D eigenvalue weighted by Crippen LogP contribution is 2.16. The van der Waals surface area contributed by atoms with Crippen molar-refractivity contribution in [3.05, 3.63) is 41.7 Å². The molecule has 0 fully saturated rings. The first-order chi connectivity index (χ1) is 8.09. The molecule has 1 amide bonds. The number of anilines is 2. The fourth-order valence-corrected chi connectivity index (χ4v) is 1.63. The molecule has 0 radical (unpaired) electrons. The summed E-state index contributed by atoms with van der Waals surface area (Å²) in [5.41, 5.74) is 8.21. The summed E-state index contributed by atoms with van der Waals surface area (Å²) in [6, 6.07) is 7.57. The SMILES string of the molecule is Cc1ccccc1NC(=O)c1c(N)cnn1C. The lowest BCUT2D eigenvalue weighted by molar-refractivity contribution is 0.101. The summed E-state index contributed by atoms with van der Waals surface area (Å²) in [4.78, 5) is 12.0. The lowest BCUT2D eigenvalue weighted by Gasteiger charge is -2.08. The van der Waals surface area contributed by atoms with Gasteiger partial charge in [-0.25, -0.2) is 0 Å². The number of nitrogen functional groups attached to an aromatic ring is 1. The van der Waals surface area contributed by atoms with Crippen molar-refractivity contribution in [2.24, 2.45) is 7.05 Å². The minimum atomic E-state index is -0.253. The minimum Gasteiger partial charge on any atom is -0.396 e. The van der Waals surface area contributed by atoms with E-state index in [4.69, 9.17) is 5.73 Å². The maximum atomic E-state index is 12.0. The molecule has 5 heteroatoms. The lowest BCUT2D eigenvalue weighted by Crippen LogP contribution is -2.18. The second-order valence-corrected chi connectivity index (χ2v) is 3.84. The number of nitrogens with zero attached hydrogens (tertiary/aromatic N) is 2. The molecule has 0 aliphatic rings. The highest BCUT2D eigenvalue weighted by molar-refractivity contribution is 6.06. The molecule has 2 aromatic rings. The maximum Gasteiger partial charge on any atom is 0.276 e. The third-order valence-electron chi connectivity index (χ3n) is 2.58. The molecular formula is C12H14N4O. The van der Waals surface area contributed by atoms with Crippen molar-refractivity contribution in [3.8, 4) is 0 Å². The Kier molecular flexibility index (Phi) is 2.82. The number of carbonyl (C=O) groups is 1. The first-order valence-corrected chi connectivity index (χ1v) is 5.24. The van der Waals surface area contributed by atoms with Crippen LogP contribution in [0.3, 0.4) is 0 Å². The molecule has 1 heterocycles. The number of nitrogens with two attached hydrogens (primary N) is 1. The molecule has 1 aromatic carbocycles. The Hall–Kier alpha value is -2.30. The number of benzene rings is 1. The smallest absolute Gasteiger partial charge is 0.276 e. The Labute approximate surface area is 99.2 Å². The van der Waals surface area contributed by atoms with Gasteiger partial charge in [0.25, 0.3) is 5.91 Å². The summed E-state index contributed by atoms with van der Waals surface area (Å²) in [6.07, 6.45) is 1.47. The van der Waals surface area contributed by atoms with Crippen LogP contribution in [0.15, 0.2) is 30.5 Å². The summed E-state index contributed by atoms with van der Waals surface area (Å²) in [7, 11) is 1.68. The molecule has 3 N–H and O–H groups in total. The van der Waals surface area contributed by atoms with E-state index in [1.54, 1.807) is 7.05 Å². The standard InChI is InChI=1S/C12H14N4O/c1-8-5-3-4-6-10(8)15-12(17)11-9(13)7-14-16(11)2/h3-7H,13H2,1-2H3,(H,15,17). The van der Waals surface area contributed by atoms with Gasteiger partial charge in [0, 0.05) is 12.7 Å². The molecule has 88 valence electrons. The van der Waals surface area contributed by atoms with Gasteiger partial charge in [0.1, 0.15) is 5.69 Å². The molecule has 2 rings (SSSR count). The third-order valence-corrected chi connectivity index (χ3v) is 2.58. The van der Waals surface area contributed by atoms with E-state index >= 15 is 0 Å². The van der Waals surface area contributed by atoms with E-state index in [9.17, 15) is 4.79 Å². The Balaban J connectivity index is 2.27. The van der Waals surface area contributed by atoms with Crippen molar-refractivity contribution in [1.29, 1.82) is 0 Å². The number of rotatable bonds is 2. The van der Waals surface area contributed by atoms with E-state index in [1.165, 1.54) is 10.9 Å². The van der Waals surface area contributed by atoms with Gasteiger partial charge in [-0.1, -0.05) is 18.2 Å². The van der Waals surface area contributed by atoms with Crippen LogP contribution < -0.4 is 11.1 Å². The number of para-hydroxylation sites is 1. The Morgan fingerprint density at radius 1 is 1.41 bits per heavy atom. The van der Waals surface area contributed by atoms with Crippen LogP contribution in [0.1, 0.15) is 16.1 Å². The number of hydrogen-bond acceptors (Lipinski definition) is 3. The fraction of sp³-hybridized carbons (Fsp3) is 0.167. The van der Waals surface area contributed by atoms with Crippen LogP contribution in [-0.2, 0) is 7.05 Å². The predicted octanol–water partition coefficient (Wildman–Crippen LogP) is 1.56. The van der Waals surface area contributed by atoms with Crippen LogP contribution in [-0.4, -0.2) is 15.7 Å². The van der Waals surface area contributed by atoms with E-state index in [0.717, 1.165) is 11.3 Å². The number of carbonyl (C=O) groups excluding carboxylic acids is 1. The highest BCUT2D eigenvalue weighted by atomic mass is 16.2. The molecule has 0 aliphatic heterocycles. The predicted molar refractivity (Wildman–Crippen MR) is 66.8 cm³/mol. The summed E-state index contributed by atoms with van der Waals surface area (Å²) < 4.78 is 1.46. The van der Waals surface area contributed by atoms with Crippen molar-refractivity contribution in [1.82, 2.24) is 9.78 Å². The number of amides is 1.